The number of hydrogen-bond donors (Lipinski definition) is 3. The Labute approximate surface area is 404 Å². The van der Waals surface area contributed by atoms with E-state index in [0.717, 1.165) is 38.5 Å². The van der Waals surface area contributed by atoms with Crippen LogP contribution in [0.2, 0.25) is 0 Å². The van der Waals surface area contributed by atoms with E-state index >= 15 is 0 Å². The lowest BCUT2D eigenvalue weighted by atomic mass is 10.0. The minimum absolute atomic E-state index is 0.0612. The van der Waals surface area contributed by atoms with Gasteiger partial charge in [-0.25, -0.2) is 4.57 Å². The molecular weight excluding hydrogens is 828 g/mol. The van der Waals surface area contributed by atoms with Crippen LogP contribution in [0.1, 0.15) is 264 Å². The SMILES string of the molecule is CCCCC/C=C\C=C/CCCCCCCCCCCCC(=O)NC(COP(=O)(O)OCC[N+](C)(C)C)C(O)/C=C/CCCCCCCCCCCCCCCCCCCCCCCC. The first-order valence-corrected chi connectivity index (χ1v) is 29.4. The number of allylic oxidation sites excluding steroid dienone is 5. The summed E-state index contributed by atoms with van der Waals surface area (Å²) in [6.07, 6.45) is 60.9. The van der Waals surface area contributed by atoms with Crippen LogP contribution in [-0.2, 0) is 18.4 Å². The van der Waals surface area contributed by atoms with Gasteiger partial charge in [-0.05, 0) is 44.9 Å². The molecule has 0 spiro atoms. The Hall–Kier alpha value is -1.28. The molecule has 65 heavy (non-hydrogen) atoms. The maximum Gasteiger partial charge on any atom is 0.472 e. The van der Waals surface area contributed by atoms with Crippen LogP contribution in [0.4, 0.5) is 0 Å². The Bertz CT molecular complexity index is 1150. The number of aliphatic hydroxyl groups excluding tert-OH is 1. The molecule has 0 saturated heterocycles. The Morgan fingerprint density at radius 2 is 0.862 bits per heavy atom. The lowest BCUT2D eigenvalue weighted by molar-refractivity contribution is -0.870. The van der Waals surface area contributed by atoms with Gasteiger partial charge in [-0.1, -0.05) is 249 Å². The lowest BCUT2D eigenvalue weighted by Crippen LogP contribution is -2.45. The first kappa shape index (κ1) is 63.7. The number of aliphatic hydroxyl groups is 1. The van der Waals surface area contributed by atoms with Crippen LogP contribution in [0, 0.1) is 0 Å². The van der Waals surface area contributed by atoms with Crippen LogP contribution in [0.5, 0.6) is 0 Å². The number of rotatable bonds is 51. The summed E-state index contributed by atoms with van der Waals surface area (Å²) < 4.78 is 23.7. The van der Waals surface area contributed by atoms with E-state index in [1.54, 1.807) is 6.08 Å². The summed E-state index contributed by atoms with van der Waals surface area (Å²) >= 11 is 0. The predicted octanol–water partition coefficient (Wildman–Crippen LogP) is 16.6. The molecule has 9 heteroatoms. The van der Waals surface area contributed by atoms with Crippen molar-refractivity contribution in [2.24, 2.45) is 0 Å². The summed E-state index contributed by atoms with van der Waals surface area (Å²) in [5.41, 5.74) is 0. The predicted molar refractivity (Wildman–Crippen MR) is 281 cm³/mol. The maximum atomic E-state index is 13.0. The van der Waals surface area contributed by atoms with Gasteiger partial charge in [0.15, 0.2) is 0 Å². The van der Waals surface area contributed by atoms with Gasteiger partial charge in [-0.3, -0.25) is 13.8 Å². The summed E-state index contributed by atoms with van der Waals surface area (Å²) in [7, 11) is 1.58. The first-order chi connectivity index (χ1) is 31.5. The van der Waals surface area contributed by atoms with Crippen LogP contribution in [0.3, 0.4) is 0 Å². The summed E-state index contributed by atoms with van der Waals surface area (Å²) in [5.74, 6) is -0.179. The van der Waals surface area contributed by atoms with Crippen LogP contribution >= 0.6 is 7.82 Å². The molecule has 8 nitrogen and oxygen atoms in total. The fourth-order valence-corrected chi connectivity index (χ4v) is 8.95. The van der Waals surface area contributed by atoms with Crippen molar-refractivity contribution < 1.29 is 32.9 Å². The number of hydrogen-bond acceptors (Lipinski definition) is 5. The largest absolute Gasteiger partial charge is 0.472 e. The molecule has 0 radical (unpaired) electrons. The van der Waals surface area contributed by atoms with Crippen molar-refractivity contribution in [1.82, 2.24) is 5.32 Å². The molecule has 0 heterocycles. The van der Waals surface area contributed by atoms with Crippen molar-refractivity contribution in [1.29, 1.82) is 0 Å². The average Bonchev–Trinajstić information content (AvgIpc) is 3.26. The number of nitrogens with one attached hydrogen (secondary N) is 1. The number of likely N-dealkylation sites (N-methyl/N-ethyl adjacent to an activating group) is 1. The summed E-state index contributed by atoms with van der Waals surface area (Å²) in [6.45, 7) is 4.81. The van der Waals surface area contributed by atoms with E-state index in [2.05, 4.69) is 43.5 Å². The molecule has 0 rings (SSSR count). The van der Waals surface area contributed by atoms with Crippen LogP contribution in [0.25, 0.3) is 0 Å². The minimum atomic E-state index is -4.35. The fraction of sp³-hybridized carbons (Fsp3) is 0.875. The highest BCUT2D eigenvalue weighted by Gasteiger charge is 2.27. The van der Waals surface area contributed by atoms with E-state index < -0.39 is 20.0 Å². The van der Waals surface area contributed by atoms with E-state index in [1.165, 1.54) is 205 Å². The van der Waals surface area contributed by atoms with Crippen LogP contribution in [-0.4, -0.2) is 73.4 Å². The van der Waals surface area contributed by atoms with Gasteiger partial charge >= 0.3 is 7.82 Å². The molecule has 0 aromatic carbocycles. The molecule has 0 saturated carbocycles. The molecular formula is C56H110N2O6P+. The van der Waals surface area contributed by atoms with E-state index in [0.29, 0.717) is 17.4 Å². The summed E-state index contributed by atoms with van der Waals surface area (Å²) in [4.78, 5) is 23.3. The number of quaternary nitrogens is 1. The van der Waals surface area contributed by atoms with Crippen molar-refractivity contribution in [3.63, 3.8) is 0 Å². The molecule has 0 bridgehead atoms. The Balaban J connectivity index is 4.23. The van der Waals surface area contributed by atoms with Crippen LogP contribution in [0.15, 0.2) is 36.5 Å². The van der Waals surface area contributed by atoms with Crippen LogP contribution < -0.4 is 5.32 Å². The van der Waals surface area contributed by atoms with Crippen molar-refractivity contribution in [2.45, 2.75) is 276 Å². The van der Waals surface area contributed by atoms with Crippen molar-refractivity contribution in [3.05, 3.63) is 36.5 Å². The number of phosphoric ester groups is 1. The highest BCUT2D eigenvalue weighted by molar-refractivity contribution is 7.47. The van der Waals surface area contributed by atoms with Gasteiger partial charge < -0.3 is 19.8 Å². The third kappa shape index (κ3) is 50.4. The summed E-state index contributed by atoms with van der Waals surface area (Å²) in [5, 5.41) is 13.9. The van der Waals surface area contributed by atoms with E-state index in [-0.39, 0.29) is 19.1 Å². The molecule has 0 aliphatic rings. The van der Waals surface area contributed by atoms with E-state index in [9.17, 15) is 19.4 Å². The second kappa shape index (κ2) is 47.8. The third-order valence-corrected chi connectivity index (χ3v) is 13.6. The zero-order valence-electron chi connectivity index (χ0n) is 43.7. The zero-order valence-corrected chi connectivity index (χ0v) is 44.6. The van der Waals surface area contributed by atoms with Gasteiger partial charge in [0, 0.05) is 6.42 Å². The van der Waals surface area contributed by atoms with Gasteiger partial charge in [-0.2, -0.15) is 0 Å². The second-order valence-electron chi connectivity index (χ2n) is 20.3. The van der Waals surface area contributed by atoms with Gasteiger partial charge in [0.1, 0.15) is 13.2 Å². The fourth-order valence-electron chi connectivity index (χ4n) is 8.21. The molecule has 0 aromatic heterocycles. The standard InChI is InChI=1S/C56H109N2O6P/c1-6-8-10-12-14-16-18-20-22-24-26-27-28-29-30-32-33-35-37-39-41-43-45-47-49-55(59)54(53-64-65(61,62)63-52-51-58(3,4)5)57-56(60)50-48-46-44-42-40-38-36-34-31-25-23-21-19-17-15-13-11-9-7-2/h15,17,19,21,47,49,54-55,59H,6-14,16,18,20,22-46,48,50-53H2,1-5H3,(H-,57,60,61,62)/p+1/b17-15-,21-19-,49-47+. The van der Waals surface area contributed by atoms with Gasteiger partial charge in [-0.15, -0.1) is 0 Å². The molecule has 0 aliphatic heterocycles. The number of unbranched alkanes of at least 4 members (excludes halogenated alkanes) is 35. The van der Waals surface area contributed by atoms with Gasteiger partial charge in [0.05, 0.1) is 39.9 Å². The molecule has 3 N–H and O–H groups in total. The molecule has 3 unspecified atom stereocenters. The number of nitrogens with zero attached hydrogens (tertiary/aromatic N) is 1. The van der Waals surface area contributed by atoms with E-state index in [1.807, 2.05) is 27.2 Å². The normalized spacial score (nSPS) is 14.3. The maximum absolute atomic E-state index is 13.0. The quantitative estimate of drug-likeness (QED) is 0.0184. The Kier molecular flexibility index (Phi) is 46.8. The Morgan fingerprint density at radius 3 is 1.26 bits per heavy atom. The first-order valence-electron chi connectivity index (χ1n) is 27.9. The number of carbonyl (C=O) groups is 1. The zero-order chi connectivity index (χ0) is 47.8. The monoisotopic (exact) mass is 938 g/mol. The molecule has 3 atom stereocenters. The number of phosphoric acid groups is 1. The lowest BCUT2D eigenvalue weighted by Gasteiger charge is -2.25. The van der Waals surface area contributed by atoms with Crippen molar-refractivity contribution in [3.8, 4) is 0 Å². The molecule has 0 aliphatic carbocycles. The van der Waals surface area contributed by atoms with E-state index in [4.69, 9.17) is 9.05 Å². The van der Waals surface area contributed by atoms with Crippen molar-refractivity contribution in [2.75, 3.05) is 40.9 Å². The minimum Gasteiger partial charge on any atom is -0.387 e. The molecule has 1 amide bonds. The highest BCUT2D eigenvalue weighted by atomic mass is 31.2. The number of carbonyl (C=O) groups excluding carboxylic acids is 1. The van der Waals surface area contributed by atoms with Gasteiger partial charge in [0.25, 0.3) is 0 Å². The highest BCUT2D eigenvalue weighted by Crippen LogP contribution is 2.43. The summed E-state index contributed by atoms with van der Waals surface area (Å²) in [6, 6.07) is -0.848. The molecule has 384 valence electrons. The second-order valence-corrected chi connectivity index (χ2v) is 21.8. The molecule has 0 fully saturated rings. The number of amides is 1. The van der Waals surface area contributed by atoms with Crippen molar-refractivity contribution >= 4 is 13.7 Å². The smallest absolute Gasteiger partial charge is 0.387 e. The average molecular weight is 938 g/mol. The Morgan fingerprint density at radius 1 is 0.523 bits per heavy atom. The third-order valence-electron chi connectivity index (χ3n) is 12.6. The molecule has 0 aromatic rings. The topological polar surface area (TPSA) is 105 Å². The van der Waals surface area contributed by atoms with Gasteiger partial charge in [0.2, 0.25) is 5.91 Å².